The molecular formula is C13H24O4. The van der Waals surface area contributed by atoms with Crippen molar-refractivity contribution < 1.29 is 19.7 Å². The van der Waals surface area contributed by atoms with Gasteiger partial charge in [-0.1, -0.05) is 39.0 Å². The predicted octanol–water partition coefficient (Wildman–Crippen LogP) is 1.43. The average Bonchev–Trinajstić information content (AvgIpc) is 2.82. The van der Waals surface area contributed by atoms with Crippen LogP contribution in [0.5, 0.6) is 0 Å². The maximum absolute atomic E-state index is 11.3. The molecule has 0 saturated heterocycles. The van der Waals surface area contributed by atoms with Gasteiger partial charge in [0, 0.05) is 6.61 Å². The monoisotopic (exact) mass is 244 g/mol. The van der Waals surface area contributed by atoms with E-state index in [-0.39, 0.29) is 0 Å². The normalized spacial score (nSPS) is 29.4. The van der Waals surface area contributed by atoms with Crippen LogP contribution >= 0.6 is 0 Å². The number of carbonyl (C=O) groups is 1. The van der Waals surface area contributed by atoms with Gasteiger partial charge in [-0.15, -0.1) is 0 Å². The maximum Gasteiger partial charge on any atom is 0.202 e. The molecule has 1 aliphatic carbocycles. The molecule has 3 atom stereocenters. The van der Waals surface area contributed by atoms with Gasteiger partial charge in [0.1, 0.15) is 0 Å². The van der Waals surface area contributed by atoms with E-state index in [0.29, 0.717) is 6.61 Å². The van der Waals surface area contributed by atoms with Crippen LogP contribution in [0.4, 0.5) is 0 Å². The highest BCUT2D eigenvalue weighted by molar-refractivity contribution is 6.10. The van der Waals surface area contributed by atoms with Gasteiger partial charge in [0.25, 0.3) is 0 Å². The molecule has 1 aliphatic rings. The lowest BCUT2D eigenvalue weighted by Crippen LogP contribution is -2.31. The summed E-state index contributed by atoms with van der Waals surface area (Å²) in [6, 6.07) is 0. The minimum atomic E-state index is -1.64. The molecular weight excluding hydrogens is 220 g/mol. The fourth-order valence-electron chi connectivity index (χ4n) is 1.99. The summed E-state index contributed by atoms with van der Waals surface area (Å²) in [6.45, 7) is 4.07. The van der Waals surface area contributed by atoms with Crippen LogP contribution in [0.15, 0.2) is 0 Å². The lowest BCUT2D eigenvalue weighted by atomic mass is 10.1. The molecule has 0 aromatic rings. The molecule has 100 valence electrons. The minimum Gasteiger partial charge on any atom is -0.390 e. The summed E-state index contributed by atoms with van der Waals surface area (Å²) in [4.78, 5) is 11.3. The molecule has 3 unspecified atom stereocenters. The highest BCUT2D eigenvalue weighted by atomic mass is 16.5. The molecule has 1 saturated carbocycles. The maximum atomic E-state index is 11.3. The first-order chi connectivity index (χ1) is 8.05. The van der Waals surface area contributed by atoms with E-state index in [1.54, 1.807) is 0 Å². The van der Waals surface area contributed by atoms with Gasteiger partial charge in [0.2, 0.25) is 5.78 Å². The predicted molar refractivity (Wildman–Crippen MR) is 64.8 cm³/mol. The van der Waals surface area contributed by atoms with Crippen molar-refractivity contribution in [1.82, 2.24) is 0 Å². The Morgan fingerprint density at radius 2 is 1.88 bits per heavy atom. The van der Waals surface area contributed by atoms with Crippen LogP contribution in [0, 0.1) is 0 Å². The Labute approximate surface area is 103 Å². The van der Waals surface area contributed by atoms with Crippen LogP contribution in [-0.2, 0) is 9.53 Å². The van der Waals surface area contributed by atoms with Crippen molar-refractivity contribution >= 4 is 5.78 Å². The Hall–Kier alpha value is -0.450. The number of Topliss-reactive ketones (excluding diaryl/α,β-unsaturated/α-hetero) is 1. The third-order valence-electron chi connectivity index (χ3n) is 3.37. The van der Waals surface area contributed by atoms with Crippen LogP contribution in [0.25, 0.3) is 0 Å². The van der Waals surface area contributed by atoms with E-state index in [2.05, 4.69) is 6.92 Å². The van der Waals surface area contributed by atoms with Crippen molar-refractivity contribution in [2.24, 2.45) is 0 Å². The fourth-order valence-corrected chi connectivity index (χ4v) is 1.99. The molecule has 17 heavy (non-hydrogen) atoms. The molecule has 0 aromatic heterocycles. The van der Waals surface area contributed by atoms with Crippen molar-refractivity contribution in [3.8, 4) is 0 Å². The molecule has 0 heterocycles. The van der Waals surface area contributed by atoms with E-state index in [1.807, 2.05) is 0 Å². The second-order valence-electron chi connectivity index (χ2n) is 4.88. The zero-order valence-electron chi connectivity index (χ0n) is 10.8. The minimum absolute atomic E-state index is 0.390. The van der Waals surface area contributed by atoms with Crippen LogP contribution in [-0.4, -0.2) is 40.4 Å². The highest BCUT2D eigenvalue weighted by Gasteiger charge is 2.68. The van der Waals surface area contributed by atoms with E-state index < -0.39 is 23.6 Å². The molecule has 1 fully saturated rings. The third kappa shape index (κ3) is 3.50. The molecule has 0 radical (unpaired) electrons. The van der Waals surface area contributed by atoms with Gasteiger partial charge in [-0.3, -0.25) is 4.79 Å². The molecule has 0 bridgehead atoms. The largest absolute Gasteiger partial charge is 0.390 e. The fraction of sp³-hybridized carbons (Fsp3) is 0.923. The van der Waals surface area contributed by atoms with Gasteiger partial charge in [-0.2, -0.15) is 0 Å². The van der Waals surface area contributed by atoms with Gasteiger partial charge in [0.15, 0.2) is 11.7 Å². The average molecular weight is 244 g/mol. The summed E-state index contributed by atoms with van der Waals surface area (Å²) in [6.07, 6.45) is 5.07. The standard InChI is InChI=1S/C13H24O4/c1-3-4-5-6-7-8-9-17-12-11(15)13(12,16)10(2)14/h10,12,14,16H,3-9H2,1-2H3. The molecule has 0 aliphatic heterocycles. The number of hydrogen-bond donors (Lipinski definition) is 2. The van der Waals surface area contributed by atoms with Gasteiger partial charge in [0.05, 0.1) is 6.10 Å². The Balaban J connectivity index is 2.04. The van der Waals surface area contributed by atoms with Crippen molar-refractivity contribution in [3.63, 3.8) is 0 Å². The second-order valence-corrected chi connectivity index (χ2v) is 4.88. The summed E-state index contributed by atoms with van der Waals surface area (Å²) < 4.78 is 5.29. The van der Waals surface area contributed by atoms with Crippen molar-refractivity contribution in [3.05, 3.63) is 0 Å². The lowest BCUT2D eigenvalue weighted by molar-refractivity contribution is -0.119. The SMILES string of the molecule is CCCCCCCCOC1C(=O)C1(O)C(C)O. The molecule has 4 nitrogen and oxygen atoms in total. The Bertz CT molecular complexity index is 252. The number of aliphatic hydroxyl groups excluding tert-OH is 1. The first kappa shape index (κ1) is 14.6. The summed E-state index contributed by atoms with van der Waals surface area (Å²) in [5.74, 6) is -0.390. The number of hydrogen-bond acceptors (Lipinski definition) is 4. The second kappa shape index (κ2) is 6.47. The van der Waals surface area contributed by atoms with Crippen LogP contribution in [0.3, 0.4) is 0 Å². The van der Waals surface area contributed by atoms with Crippen molar-refractivity contribution in [2.75, 3.05) is 6.61 Å². The number of ether oxygens (including phenoxy) is 1. The van der Waals surface area contributed by atoms with Gasteiger partial charge < -0.3 is 14.9 Å². The first-order valence-corrected chi connectivity index (χ1v) is 6.61. The Morgan fingerprint density at radius 1 is 1.29 bits per heavy atom. The van der Waals surface area contributed by atoms with E-state index in [4.69, 9.17) is 4.74 Å². The Morgan fingerprint density at radius 3 is 2.41 bits per heavy atom. The van der Waals surface area contributed by atoms with Gasteiger partial charge in [-0.25, -0.2) is 0 Å². The lowest BCUT2D eigenvalue weighted by Gasteiger charge is -2.10. The number of ketones is 1. The topological polar surface area (TPSA) is 66.8 Å². The zero-order chi connectivity index (χ0) is 12.9. The third-order valence-corrected chi connectivity index (χ3v) is 3.37. The van der Waals surface area contributed by atoms with Crippen LogP contribution < -0.4 is 0 Å². The molecule has 2 N–H and O–H groups in total. The smallest absolute Gasteiger partial charge is 0.202 e. The number of carbonyl (C=O) groups excluding carboxylic acids is 1. The van der Waals surface area contributed by atoms with Crippen LogP contribution in [0.1, 0.15) is 52.4 Å². The van der Waals surface area contributed by atoms with E-state index in [1.165, 1.54) is 32.6 Å². The van der Waals surface area contributed by atoms with E-state index >= 15 is 0 Å². The number of rotatable bonds is 9. The van der Waals surface area contributed by atoms with Gasteiger partial charge >= 0.3 is 0 Å². The summed E-state index contributed by atoms with van der Waals surface area (Å²) >= 11 is 0. The van der Waals surface area contributed by atoms with Crippen LogP contribution in [0.2, 0.25) is 0 Å². The zero-order valence-corrected chi connectivity index (χ0v) is 10.8. The summed E-state index contributed by atoms with van der Waals surface area (Å²) in [5.41, 5.74) is -1.64. The quantitative estimate of drug-likeness (QED) is 0.602. The summed E-state index contributed by atoms with van der Waals surface area (Å²) in [5, 5.41) is 18.9. The van der Waals surface area contributed by atoms with Gasteiger partial charge in [-0.05, 0) is 13.3 Å². The molecule has 0 aromatic carbocycles. The van der Waals surface area contributed by atoms with Crippen molar-refractivity contribution in [2.45, 2.75) is 70.2 Å². The summed E-state index contributed by atoms with van der Waals surface area (Å²) in [7, 11) is 0. The molecule has 0 amide bonds. The highest BCUT2D eigenvalue weighted by Crippen LogP contribution is 2.37. The Kier molecular flexibility index (Phi) is 5.56. The first-order valence-electron chi connectivity index (χ1n) is 6.61. The number of aliphatic hydroxyl groups is 2. The van der Waals surface area contributed by atoms with E-state index in [9.17, 15) is 15.0 Å². The molecule has 0 spiro atoms. The molecule has 4 heteroatoms. The van der Waals surface area contributed by atoms with Crippen molar-refractivity contribution in [1.29, 1.82) is 0 Å². The van der Waals surface area contributed by atoms with E-state index in [0.717, 1.165) is 12.8 Å². The number of unbranched alkanes of at least 4 members (excludes halogenated alkanes) is 5. The molecule has 1 rings (SSSR count).